The average Bonchev–Trinajstić information content (AvgIpc) is 2.80. The minimum absolute atomic E-state index is 0.144. The van der Waals surface area contributed by atoms with Crippen LogP contribution in [0.25, 0.3) is 0 Å². The molecule has 0 amide bonds. The summed E-state index contributed by atoms with van der Waals surface area (Å²) >= 11 is 0. The van der Waals surface area contributed by atoms with E-state index >= 15 is 0 Å². The lowest BCUT2D eigenvalue weighted by Crippen LogP contribution is -2.14. The van der Waals surface area contributed by atoms with E-state index < -0.39 is 0 Å². The van der Waals surface area contributed by atoms with Crippen molar-refractivity contribution < 1.29 is 4.92 Å². The summed E-state index contributed by atoms with van der Waals surface area (Å²) < 4.78 is 1.94. The zero-order chi connectivity index (χ0) is 14.7. The van der Waals surface area contributed by atoms with Crippen molar-refractivity contribution >= 4 is 5.69 Å². The highest BCUT2D eigenvalue weighted by atomic mass is 16.6. The number of nitrogens with zero attached hydrogens (tertiary/aromatic N) is 4. The number of rotatable bonds is 5. The van der Waals surface area contributed by atoms with Crippen molar-refractivity contribution in [2.75, 3.05) is 7.05 Å². The quantitative estimate of drug-likeness (QED) is 0.661. The normalized spacial score (nSPS) is 10.8. The van der Waals surface area contributed by atoms with E-state index in [1.807, 2.05) is 17.8 Å². The van der Waals surface area contributed by atoms with Crippen molar-refractivity contribution in [2.24, 2.45) is 0 Å². The Kier molecular flexibility index (Phi) is 4.09. The molecule has 0 aliphatic rings. The zero-order valence-electron chi connectivity index (χ0n) is 11.8. The van der Waals surface area contributed by atoms with Gasteiger partial charge in [0.1, 0.15) is 5.82 Å². The molecule has 0 atom stereocenters. The fraction of sp³-hybridized carbons (Fsp3) is 0.385. The molecule has 7 nitrogen and oxygen atoms in total. The fourth-order valence-electron chi connectivity index (χ4n) is 2.18. The Morgan fingerprint density at radius 1 is 1.40 bits per heavy atom. The highest BCUT2D eigenvalue weighted by molar-refractivity contribution is 5.47. The Hall–Kier alpha value is -2.28. The van der Waals surface area contributed by atoms with Crippen molar-refractivity contribution in [1.82, 2.24) is 19.9 Å². The molecule has 20 heavy (non-hydrogen) atoms. The second-order valence-corrected chi connectivity index (χ2v) is 4.62. The van der Waals surface area contributed by atoms with Crippen molar-refractivity contribution in [3.8, 4) is 0 Å². The molecule has 0 aliphatic carbocycles. The third kappa shape index (κ3) is 2.67. The van der Waals surface area contributed by atoms with Crippen LogP contribution in [-0.2, 0) is 13.1 Å². The zero-order valence-corrected chi connectivity index (χ0v) is 11.8. The molecule has 0 aliphatic heterocycles. The highest BCUT2D eigenvalue weighted by Crippen LogP contribution is 2.24. The van der Waals surface area contributed by atoms with Crippen molar-refractivity contribution in [2.45, 2.75) is 26.9 Å². The summed E-state index contributed by atoms with van der Waals surface area (Å²) in [5.74, 6) is 0.872. The van der Waals surface area contributed by atoms with Crippen molar-refractivity contribution in [3.63, 3.8) is 0 Å². The molecule has 1 N–H and O–H groups in total. The number of hydrogen-bond acceptors (Lipinski definition) is 5. The first kappa shape index (κ1) is 14.1. The first-order valence-electron chi connectivity index (χ1n) is 6.28. The number of pyridine rings is 1. The molecule has 7 heteroatoms. The molecule has 0 saturated heterocycles. The monoisotopic (exact) mass is 275 g/mol. The summed E-state index contributed by atoms with van der Waals surface area (Å²) in [5.41, 5.74) is 2.03. The Morgan fingerprint density at radius 3 is 2.80 bits per heavy atom. The van der Waals surface area contributed by atoms with Crippen LogP contribution in [0.2, 0.25) is 0 Å². The lowest BCUT2D eigenvalue weighted by Gasteiger charge is -2.10. The van der Waals surface area contributed by atoms with Gasteiger partial charge >= 0.3 is 0 Å². The van der Waals surface area contributed by atoms with E-state index in [0.717, 1.165) is 5.82 Å². The number of aromatic nitrogens is 3. The predicted molar refractivity (Wildman–Crippen MR) is 74.5 cm³/mol. The smallest absolute Gasteiger partial charge is 0.278 e. The number of hydrogen-bond donors (Lipinski definition) is 1. The summed E-state index contributed by atoms with van der Waals surface area (Å²) in [6.45, 7) is 4.55. The van der Waals surface area contributed by atoms with Gasteiger partial charge in [0.2, 0.25) is 0 Å². The van der Waals surface area contributed by atoms with Crippen LogP contribution in [0.5, 0.6) is 0 Å². The van der Waals surface area contributed by atoms with E-state index in [4.69, 9.17) is 0 Å². The van der Waals surface area contributed by atoms with Gasteiger partial charge < -0.3 is 9.88 Å². The number of nitro groups is 1. The number of aryl methyl sites for hydroxylation is 1. The van der Waals surface area contributed by atoms with Crippen LogP contribution in [0.15, 0.2) is 18.6 Å². The van der Waals surface area contributed by atoms with Gasteiger partial charge in [-0.25, -0.2) is 4.98 Å². The second kappa shape index (κ2) is 5.79. The van der Waals surface area contributed by atoms with E-state index in [2.05, 4.69) is 15.3 Å². The van der Waals surface area contributed by atoms with E-state index in [0.29, 0.717) is 29.9 Å². The predicted octanol–water partition coefficient (Wildman–Crippen LogP) is 1.57. The summed E-state index contributed by atoms with van der Waals surface area (Å²) in [6, 6.07) is 0. The largest absolute Gasteiger partial charge is 0.328 e. The Labute approximate surface area is 116 Å². The molecule has 2 aromatic heterocycles. The van der Waals surface area contributed by atoms with E-state index in [1.54, 1.807) is 26.2 Å². The molecule has 2 aromatic rings. The molecule has 0 saturated carbocycles. The Balaban J connectivity index is 2.37. The maximum Gasteiger partial charge on any atom is 0.278 e. The van der Waals surface area contributed by atoms with E-state index in [1.165, 1.54) is 0 Å². The van der Waals surface area contributed by atoms with Gasteiger partial charge in [0.05, 0.1) is 29.3 Å². The lowest BCUT2D eigenvalue weighted by molar-refractivity contribution is -0.386. The minimum Gasteiger partial charge on any atom is -0.328 e. The Bertz CT molecular complexity index is 636. The van der Waals surface area contributed by atoms with Crippen molar-refractivity contribution in [1.29, 1.82) is 0 Å². The molecule has 2 rings (SSSR count). The van der Waals surface area contributed by atoms with Gasteiger partial charge in [-0.05, 0) is 20.9 Å². The second-order valence-electron chi connectivity index (χ2n) is 4.62. The summed E-state index contributed by atoms with van der Waals surface area (Å²) in [7, 11) is 1.85. The molecule has 0 bridgehead atoms. The number of imidazole rings is 1. The SMILES string of the molecule is CNCc1nccn1Cc1ncc(C)c([N+](=O)[O-])c1C. The highest BCUT2D eigenvalue weighted by Gasteiger charge is 2.19. The lowest BCUT2D eigenvalue weighted by atomic mass is 10.1. The van der Waals surface area contributed by atoms with Crippen LogP contribution in [-0.4, -0.2) is 26.5 Å². The standard InChI is InChI=1S/C13H17N5O2/c1-9-6-16-11(10(2)13(9)18(19)20)8-17-5-4-15-12(17)7-14-3/h4-6,14H,7-8H2,1-3H3. The summed E-state index contributed by atoms with van der Waals surface area (Å²) in [5, 5.41) is 14.2. The van der Waals surface area contributed by atoms with Crippen LogP contribution < -0.4 is 5.32 Å². The van der Waals surface area contributed by atoms with Crippen LogP contribution in [0.3, 0.4) is 0 Å². The van der Waals surface area contributed by atoms with E-state index in [9.17, 15) is 10.1 Å². The van der Waals surface area contributed by atoms with Crippen LogP contribution in [0.4, 0.5) is 5.69 Å². The van der Waals surface area contributed by atoms with Gasteiger partial charge in [0, 0.05) is 24.2 Å². The van der Waals surface area contributed by atoms with Gasteiger partial charge in [0.15, 0.2) is 0 Å². The first-order valence-corrected chi connectivity index (χ1v) is 6.28. The van der Waals surface area contributed by atoms with Gasteiger partial charge in [-0.3, -0.25) is 15.1 Å². The molecule has 0 aromatic carbocycles. The fourth-order valence-corrected chi connectivity index (χ4v) is 2.18. The van der Waals surface area contributed by atoms with Gasteiger partial charge in [-0.2, -0.15) is 0 Å². The topological polar surface area (TPSA) is 85.9 Å². The number of nitrogens with one attached hydrogen (secondary N) is 1. The maximum absolute atomic E-state index is 11.1. The Morgan fingerprint density at radius 2 is 2.15 bits per heavy atom. The first-order chi connectivity index (χ1) is 9.54. The average molecular weight is 275 g/mol. The maximum atomic E-state index is 11.1. The van der Waals surface area contributed by atoms with Gasteiger partial charge in [0.25, 0.3) is 5.69 Å². The molecular formula is C13H17N5O2. The van der Waals surface area contributed by atoms with Gasteiger partial charge in [-0.1, -0.05) is 0 Å². The molecule has 0 radical (unpaired) electrons. The third-order valence-electron chi connectivity index (χ3n) is 3.21. The van der Waals surface area contributed by atoms with Crippen LogP contribution in [0.1, 0.15) is 22.6 Å². The minimum atomic E-state index is -0.349. The summed E-state index contributed by atoms with van der Waals surface area (Å²) in [6.07, 6.45) is 5.11. The van der Waals surface area contributed by atoms with Gasteiger partial charge in [-0.15, -0.1) is 0 Å². The van der Waals surface area contributed by atoms with Crippen LogP contribution in [0, 0.1) is 24.0 Å². The van der Waals surface area contributed by atoms with E-state index in [-0.39, 0.29) is 10.6 Å². The molecule has 2 heterocycles. The van der Waals surface area contributed by atoms with Crippen LogP contribution >= 0.6 is 0 Å². The molecular weight excluding hydrogens is 258 g/mol. The summed E-state index contributed by atoms with van der Waals surface area (Å²) in [4.78, 5) is 19.3. The molecule has 106 valence electrons. The molecule has 0 spiro atoms. The molecule has 0 unspecified atom stereocenters. The third-order valence-corrected chi connectivity index (χ3v) is 3.21. The molecule has 0 fully saturated rings. The van der Waals surface area contributed by atoms with Crippen molar-refractivity contribution in [3.05, 3.63) is 51.4 Å².